The number of halogens is 2. The first-order valence-corrected chi connectivity index (χ1v) is 2.89. The van der Waals surface area contributed by atoms with Crippen LogP contribution in [0.4, 0.5) is 0 Å². The second kappa shape index (κ2) is 6.39. The monoisotopic (exact) mass is 198 g/mol. The number of hydrogen-bond donors (Lipinski definition) is 1. The van der Waals surface area contributed by atoms with Crippen LogP contribution in [0.2, 0.25) is 0 Å². The van der Waals surface area contributed by atoms with Gasteiger partial charge < -0.3 is 5.73 Å². The normalized spacial score (nSPS) is 8.18. The van der Waals surface area contributed by atoms with Crippen molar-refractivity contribution in [2.24, 2.45) is 5.73 Å². The molecule has 4 nitrogen and oxygen atoms in total. The van der Waals surface area contributed by atoms with Crippen molar-refractivity contribution in [2.45, 2.75) is 13.5 Å². The van der Waals surface area contributed by atoms with Crippen LogP contribution < -0.4 is 5.73 Å². The highest BCUT2D eigenvalue weighted by molar-refractivity contribution is 5.85. The van der Waals surface area contributed by atoms with E-state index in [1.54, 1.807) is 10.9 Å². The van der Waals surface area contributed by atoms with E-state index >= 15 is 0 Å². The second-order valence-electron chi connectivity index (χ2n) is 1.89. The fourth-order valence-electron chi connectivity index (χ4n) is 0.652. The highest BCUT2D eigenvalue weighted by Gasteiger charge is 1.93. The van der Waals surface area contributed by atoms with Crippen molar-refractivity contribution >= 4 is 24.8 Å². The summed E-state index contributed by atoms with van der Waals surface area (Å²) in [7, 11) is 0. The number of nitrogens with zero attached hydrogens (tertiary/aromatic N) is 3. The molecular formula is C5H12Cl2N4. The highest BCUT2D eigenvalue weighted by Crippen LogP contribution is 1.89. The van der Waals surface area contributed by atoms with Crippen molar-refractivity contribution < 1.29 is 0 Å². The van der Waals surface area contributed by atoms with Crippen LogP contribution in [0.15, 0.2) is 6.20 Å². The van der Waals surface area contributed by atoms with Crippen molar-refractivity contribution in [1.29, 1.82) is 0 Å². The maximum absolute atomic E-state index is 5.30. The van der Waals surface area contributed by atoms with Gasteiger partial charge in [0.15, 0.2) is 0 Å². The Bertz CT molecular complexity index is 188. The Morgan fingerprint density at radius 1 is 1.55 bits per heavy atom. The third-order valence-corrected chi connectivity index (χ3v) is 1.15. The van der Waals surface area contributed by atoms with Gasteiger partial charge in [-0.25, -0.2) is 4.68 Å². The zero-order valence-corrected chi connectivity index (χ0v) is 7.86. The summed E-state index contributed by atoms with van der Waals surface area (Å²) in [6.45, 7) is 3.33. The number of aryl methyl sites for hydroxylation is 1. The van der Waals surface area contributed by atoms with Crippen LogP contribution in [0.25, 0.3) is 0 Å². The van der Waals surface area contributed by atoms with Gasteiger partial charge >= 0.3 is 0 Å². The molecule has 0 saturated heterocycles. The lowest BCUT2D eigenvalue weighted by atomic mass is 10.5. The predicted molar refractivity (Wildman–Crippen MR) is 48.3 cm³/mol. The van der Waals surface area contributed by atoms with E-state index in [4.69, 9.17) is 5.73 Å². The Kier molecular flexibility index (Phi) is 7.72. The zero-order valence-electron chi connectivity index (χ0n) is 6.23. The molecule has 1 aromatic rings. The van der Waals surface area contributed by atoms with Gasteiger partial charge in [-0.2, -0.15) is 0 Å². The first-order valence-electron chi connectivity index (χ1n) is 2.89. The molecule has 0 aliphatic rings. The minimum atomic E-state index is 0. The molecule has 0 amide bonds. The van der Waals surface area contributed by atoms with E-state index in [2.05, 4.69) is 10.3 Å². The topological polar surface area (TPSA) is 56.7 Å². The van der Waals surface area contributed by atoms with E-state index in [0.29, 0.717) is 6.54 Å². The van der Waals surface area contributed by atoms with E-state index < -0.39 is 0 Å². The zero-order chi connectivity index (χ0) is 6.69. The lowest BCUT2D eigenvalue weighted by molar-refractivity contribution is 0.584. The predicted octanol–water partition coefficient (Wildman–Crippen LogP) is 0.389. The maximum atomic E-state index is 5.30. The van der Waals surface area contributed by atoms with E-state index in [-0.39, 0.29) is 24.8 Å². The van der Waals surface area contributed by atoms with Crippen LogP contribution in [-0.4, -0.2) is 21.5 Å². The smallest absolute Gasteiger partial charge is 0.0722 e. The molecule has 0 aromatic carbocycles. The Hall–Kier alpha value is -0.320. The fraction of sp³-hybridized carbons (Fsp3) is 0.600. The van der Waals surface area contributed by atoms with Crippen molar-refractivity contribution in [1.82, 2.24) is 15.0 Å². The number of rotatable bonds is 2. The van der Waals surface area contributed by atoms with Gasteiger partial charge in [-0.1, -0.05) is 5.21 Å². The number of nitrogens with two attached hydrogens (primary N) is 1. The molecule has 0 spiro atoms. The van der Waals surface area contributed by atoms with Gasteiger partial charge in [-0.15, -0.1) is 29.9 Å². The molecule has 2 N–H and O–H groups in total. The van der Waals surface area contributed by atoms with E-state index in [0.717, 1.165) is 12.2 Å². The Balaban J connectivity index is 0. The molecule has 11 heavy (non-hydrogen) atoms. The summed E-state index contributed by atoms with van der Waals surface area (Å²) in [5.41, 5.74) is 6.36. The summed E-state index contributed by atoms with van der Waals surface area (Å²) in [5.74, 6) is 0. The molecule has 0 atom stereocenters. The summed E-state index contributed by atoms with van der Waals surface area (Å²) in [6.07, 6.45) is 1.72. The fourth-order valence-corrected chi connectivity index (χ4v) is 0.652. The molecule has 0 aliphatic heterocycles. The van der Waals surface area contributed by atoms with Crippen LogP contribution in [-0.2, 0) is 6.54 Å². The molecule has 0 aliphatic carbocycles. The van der Waals surface area contributed by atoms with E-state index in [9.17, 15) is 0 Å². The Morgan fingerprint density at radius 2 is 2.18 bits per heavy atom. The summed E-state index contributed by atoms with van der Waals surface area (Å²) in [4.78, 5) is 0. The number of hydrogen-bond acceptors (Lipinski definition) is 3. The van der Waals surface area contributed by atoms with Crippen LogP contribution in [0, 0.1) is 6.92 Å². The first kappa shape index (κ1) is 13.3. The SMILES string of the molecule is Cc1cnnn1CCN.Cl.Cl. The lowest BCUT2D eigenvalue weighted by Gasteiger charge is -1.96. The highest BCUT2D eigenvalue weighted by atomic mass is 35.5. The second-order valence-corrected chi connectivity index (χ2v) is 1.89. The molecule has 0 saturated carbocycles. The molecule has 6 heteroatoms. The molecule has 0 fully saturated rings. The molecule has 66 valence electrons. The maximum Gasteiger partial charge on any atom is 0.0722 e. The summed E-state index contributed by atoms with van der Waals surface area (Å²) in [5, 5.41) is 7.49. The van der Waals surface area contributed by atoms with Gasteiger partial charge in [0.05, 0.1) is 18.4 Å². The standard InChI is InChI=1S/C5H10N4.2ClH/c1-5-4-7-8-9(5)3-2-6;;/h4H,2-3,6H2,1H3;2*1H. The molecule has 0 unspecified atom stereocenters. The van der Waals surface area contributed by atoms with Crippen LogP contribution >= 0.6 is 24.8 Å². The third-order valence-electron chi connectivity index (χ3n) is 1.15. The van der Waals surface area contributed by atoms with Crippen molar-refractivity contribution in [2.75, 3.05) is 6.54 Å². The number of aromatic nitrogens is 3. The molecule has 1 rings (SSSR count). The average molecular weight is 199 g/mol. The molecule has 1 aromatic heterocycles. The molecular weight excluding hydrogens is 187 g/mol. The Morgan fingerprint density at radius 3 is 2.55 bits per heavy atom. The van der Waals surface area contributed by atoms with Gasteiger partial charge in [0.25, 0.3) is 0 Å². The Labute approximate surface area is 78.0 Å². The molecule has 1 heterocycles. The molecule has 0 radical (unpaired) electrons. The van der Waals surface area contributed by atoms with Gasteiger partial charge in [-0.3, -0.25) is 0 Å². The quantitative estimate of drug-likeness (QED) is 0.749. The van der Waals surface area contributed by atoms with Gasteiger partial charge in [0, 0.05) is 6.54 Å². The van der Waals surface area contributed by atoms with Crippen molar-refractivity contribution in [3.8, 4) is 0 Å². The third kappa shape index (κ3) is 3.55. The van der Waals surface area contributed by atoms with Gasteiger partial charge in [-0.05, 0) is 6.92 Å². The molecule has 0 bridgehead atoms. The summed E-state index contributed by atoms with van der Waals surface area (Å²) >= 11 is 0. The summed E-state index contributed by atoms with van der Waals surface area (Å²) in [6, 6.07) is 0. The lowest BCUT2D eigenvalue weighted by Crippen LogP contribution is -2.12. The van der Waals surface area contributed by atoms with Crippen molar-refractivity contribution in [3.05, 3.63) is 11.9 Å². The minimum Gasteiger partial charge on any atom is -0.329 e. The van der Waals surface area contributed by atoms with Crippen molar-refractivity contribution in [3.63, 3.8) is 0 Å². The van der Waals surface area contributed by atoms with E-state index in [1.807, 2.05) is 6.92 Å². The first-order chi connectivity index (χ1) is 4.34. The van der Waals surface area contributed by atoms with E-state index in [1.165, 1.54) is 0 Å². The largest absolute Gasteiger partial charge is 0.329 e. The van der Waals surface area contributed by atoms with Crippen LogP contribution in [0.3, 0.4) is 0 Å². The minimum absolute atomic E-state index is 0. The van der Waals surface area contributed by atoms with Crippen LogP contribution in [0.1, 0.15) is 5.69 Å². The van der Waals surface area contributed by atoms with Gasteiger partial charge in [0.1, 0.15) is 0 Å². The van der Waals surface area contributed by atoms with Crippen LogP contribution in [0.5, 0.6) is 0 Å². The van der Waals surface area contributed by atoms with Gasteiger partial charge in [0.2, 0.25) is 0 Å². The summed E-state index contributed by atoms with van der Waals surface area (Å²) < 4.78 is 1.78. The average Bonchev–Trinajstić information content (AvgIpc) is 2.18.